The van der Waals surface area contributed by atoms with Gasteiger partial charge in [0, 0.05) is 0 Å². The van der Waals surface area contributed by atoms with Crippen molar-refractivity contribution in [2.75, 3.05) is 19.6 Å². The molecule has 0 aliphatic carbocycles. The fourth-order valence-corrected chi connectivity index (χ4v) is 0.670. The number of hydrogen-bond acceptors (Lipinski definition) is 3. The van der Waals surface area contributed by atoms with E-state index in [0.717, 1.165) is 32.5 Å². The normalized spacial score (nSPS) is 9.00. The molecule has 0 aliphatic heterocycles. The molecule has 0 unspecified atom stereocenters. The Morgan fingerprint density at radius 2 is 1.08 bits per heavy atom. The van der Waals surface area contributed by atoms with E-state index >= 15 is 0 Å². The van der Waals surface area contributed by atoms with E-state index < -0.39 is 0 Å². The number of hydrogen-bond donors (Lipinski definition) is 3. The number of nitrogens with two attached hydrogens (primary N) is 3. The maximum atomic E-state index is 5.23. The summed E-state index contributed by atoms with van der Waals surface area (Å²) in [7, 11) is 0. The van der Waals surface area contributed by atoms with Gasteiger partial charge in [-0.2, -0.15) is 0 Å². The Balaban J connectivity index is 0. The van der Waals surface area contributed by atoms with Crippen LogP contribution in [0.3, 0.4) is 0 Å². The quantitative estimate of drug-likeness (QED) is 0.523. The highest BCUT2D eigenvalue weighted by molar-refractivity contribution is 4.41. The molecule has 0 saturated heterocycles. The molecule has 0 aromatic heterocycles. The van der Waals surface area contributed by atoms with Crippen LogP contribution >= 0.6 is 0 Å². The molecule has 0 aliphatic rings. The Morgan fingerprint density at radius 1 is 0.667 bits per heavy atom. The molecule has 3 nitrogen and oxygen atoms in total. The van der Waals surface area contributed by atoms with Gasteiger partial charge in [0.15, 0.2) is 0 Å². The van der Waals surface area contributed by atoms with Crippen LogP contribution in [-0.2, 0) is 0 Å². The first-order valence-electron chi connectivity index (χ1n) is 4.93. The number of unbranched alkanes of at least 4 members (excludes halogenated alkanes) is 3. The third-order valence-corrected chi connectivity index (χ3v) is 1.47. The van der Waals surface area contributed by atoms with Crippen molar-refractivity contribution >= 4 is 0 Å². The molecule has 0 bridgehead atoms. The maximum Gasteiger partial charge on any atom is -0.00773 e. The van der Waals surface area contributed by atoms with Crippen LogP contribution in [0.15, 0.2) is 0 Å². The summed E-state index contributed by atoms with van der Waals surface area (Å²) in [6, 6.07) is 0. The zero-order chi connectivity index (χ0) is 9.66. The van der Waals surface area contributed by atoms with E-state index in [-0.39, 0.29) is 0 Å². The van der Waals surface area contributed by atoms with Crippen LogP contribution in [0.2, 0.25) is 0 Å². The molecule has 76 valence electrons. The molecule has 0 saturated carbocycles. The monoisotopic (exact) mass is 175 g/mol. The Labute approximate surface area is 76.7 Å². The first kappa shape index (κ1) is 14.4. The van der Waals surface area contributed by atoms with Gasteiger partial charge in [0.05, 0.1) is 0 Å². The Bertz CT molecular complexity index is 51.7. The van der Waals surface area contributed by atoms with Crippen LogP contribution in [0.25, 0.3) is 0 Å². The minimum atomic E-state index is 0.806. The smallest absolute Gasteiger partial charge is 0.00773 e. The molecular formula is C9H25N3. The molecule has 6 N–H and O–H groups in total. The van der Waals surface area contributed by atoms with Crippen molar-refractivity contribution in [3.8, 4) is 0 Å². The predicted octanol–water partition coefficient (Wildman–Crippen LogP) is 0.819. The lowest BCUT2D eigenvalue weighted by Crippen LogP contribution is -2.02. The van der Waals surface area contributed by atoms with E-state index in [4.69, 9.17) is 17.2 Å². The van der Waals surface area contributed by atoms with Crippen molar-refractivity contribution in [2.45, 2.75) is 39.0 Å². The van der Waals surface area contributed by atoms with Crippen LogP contribution in [0.4, 0.5) is 0 Å². The Hall–Kier alpha value is -0.120. The van der Waals surface area contributed by atoms with Gasteiger partial charge in [-0.05, 0) is 38.9 Å². The lowest BCUT2D eigenvalue weighted by atomic mass is 10.2. The van der Waals surface area contributed by atoms with Crippen LogP contribution in [0, 0.1) is 0 Å². The molecule has 0 rings (SSSR count). The van der Waals surface area contributed by atoms with Crippen molar-refractivity contribution in [1.82, 2.24) is 0 Å². The lowest BCUT2D eigenvalue weighted by Gasteiger charge is -1.91. The summed E-state index contributed by atoms with van der Waals surface area (Å²) in [4.78, 5) is 0. The zero-order valence-electron chi connectivity index (χ0n) is 8.39. The summed E-state index contributed by atoms with van der Waals surface area (Å²) < 4.78 is 0. The van der Waals surface area contributed by atoms with Gasteiger partial charge in [0.25, 0.3) is 0 Å². The highest BCUT2D eigenvalue weighted by atomic mass is 14.5. The van der Waals surface area contributed by atoms with Crippen molar-refractivity contribution in [1.29, 1.82) is 0 Å². The van der Waals surface area contributed by atoms with E-state index in [0.29, 0.717) is 0 Å². The third-order valence-electron chi connectivity index (χ3n) is 1.47. The fraction of sp³-hybridized carbons (Fsp3) is 1.00. The van der Waals surface area contributed by atoms with Gasteiger partial charge in [0.2, 0.25) is 0 Å². The lowest BCUT2D eigenvalue weighted by molar-refractivity contribution is 0.695. The molecule has 0 radical (unpaired) electrons. The van der Waals surface area contributed by atoms with E-state index in [2.05, 4.69) is 6.92 Å². The minimum Gasteiger partial charge on any atom is -0.330 e. The van der Waals surface area contributed by atoms with Crippen molar-refractivity contribution in [2.24, 2.45) is 17.2 Å². The van der Waals surface area contributed by atoms with Crippen LogP contribution in [0.5, 0.6) is 0 Å². The van der Waals surface area contributed by atoms with Gasteiger partial charge < -0.3 is 17.2 Å². The van der Waals surface area contributed by atoms with E-state index in [1.54, 1.807) is 0 Å². The second kappa shape index (κ2) is 17.1. The van der Waals surface area contributed by atoms with Gasteiger partial charge in [0.1, 0.15) is 0 Å². The van der Waals surface area contributed by atoms with Crippen molar-refractivity contribution in [3.05, 3.63) is 0 Å². The molecule has 0 aromatic rings. The molecular weight excluding hydrogens is 150 g/mol. The van der Waals surface area contributed by atoms with Gasteiger partial charge >= 0.3 is 0 Å². The molecule has 0 spiro atoms. The van der Waals surface area contributed by atoms with E-state index in [1.807, 2.05) is 0 Å². The Morgan fingerprint density at radius 3 is 1.25 bits per heavy atom. The van der Waals surface area contributed by atoms with Crippen LogP contribution in [-0.4, -0.2) is 19.6 Å². The molecule has 12 heavy (non-hydrogen) atoms. The zero-order valence-corrected chi connectivity index (χ0v) is 8.39. The summed E-state index contributed by atoms with van der Waals surface area (Å²) in [5.41, 5.74) is 15.6. The second-order valence-corrected chi connectivity index (χ2v) is 2.78. The molecule has 3 heteroatoms. The van der Waals surface area contributed by atoms with Crippen LogP contribution in [0.1, 0.15) is 39.0 Å². The van der Waals surface area contributed by atoms with Gasteiger partial charge in [-0.15, -0.1) is 0 Å². The van der Waals surface area contributed by atoms with E-state index in [9.17, 15) is 0 Å². The second-order valence-electron chi connectivity index (χ2n) is 2.78. The van der Waals surface area contributed by atoms with Gasteiger partial charge in [-0.25, -0.2) is 0 Å². The molecule has 0 aromatic carbocycles. The van der Waals surface area contributed by atoms with Crippen molar-refractivity contribution in [3.63, 3.8) is 0 Å². The summed E-state index contributed by atoms with van der Waals surface area (Å²) in [6.07, 6.45) is 5.82. The largest absolute Gasteiger partial charge is 0.330 e. The molecule has 0 fully saturated rings. The summed E-state index contributed by atoms with van der Waals surface area (Å²) in [6.45, 7) is 4.59. The number of rotatable bonds is 6. The summed E-state index contributed by atoms with van der Waals surface area (Å²) >= 11 is 0. The molecule has 0 heterocycles. The minimum absolute atomic E-state index is 0.806. The third kappa shape index (κ3) is 22.5. The first-order chi connectivity index (χ1) is 5.83. The average Bonchev–Trinajstić information content (AvgIpc) is 2.08. The summed E-state index contributed by atoms with van der Waals surface area (Å²) in [5, 5.41) is 0. The SMILES string of the molecule is CCCCN.NCCCCCN. The van der Waals surface area contributed by atoms with Crippen LogP contribution < -0.4 is 17.2 Å². The summed E-state index contributed by atoms with van der Waals surface area (Å²) in [5.74, 6) is 0. The van der Waals surface area contributed by atoms with E-state index in [1.165, 1.54) is 19.3 Å². The predicted molar refractivity (Wildman–Crippen MR) is 55.9 cm³/mol. The fourth-order valence-electron chi connectivity index (χ4n) is 0.670. The van der Waals surface area contributed by atoms with Gasteiger partial charge in [-0.1, -0.05) is 19.8 Å². The highest BCUT2D eigenvalue weighted by Crippen LogP contribution is 1.88. The van der Waals surface area contributed by atoms with Crippen molar-refractivity contribution < 1.29 is 0 Å². The standard InChI is InChI=1S/C5H14N2.C4H11N/c6-4-2-1-3-5-7;1-2-3-4-5/h1-7H2;2-5H2,1H3. The average molecular weight is 175 g/mol. The Kier molecular flexibility index (Phi) is 20.5. The molecule has 0 amide bonds. The maximum absolute atomic E-state index is 5.23. The topological polar surface area (TPSA) is 78.1 Å². The van der Waals surface area contributed by atoms with Gasteiger partial charge in [-0.3, -0.25) is 0 Å². The highest BCUT2D eigenvalue weighted by Gasteiger charge is 1.80. The first-order valence-corrected chi connectivity index (χ1v) is 4.93. The molecule has 0 atom stereocenters.